The fraction of sp³-hybridized carbons (Fsp3) is 0.429. The van der Waals surface area contributed by atoms with Crippen molar-refractivity contribution in [1.29, 1.82) is 0 Å². The van der Waals surface area contributed by atoms with Gasteiger partial charge < -0.3 is 15.5 Å². The number of carboxylic acid groups (broad SMARTS) is 1. The molecule has 0 unspecified atom stereocenters. The molecule has 0 heterocycles. The predicted octanol–water partition coefficient (Wildman–Crippen LogP) is 2.53. The smallest absolute Gasteiger partial charge is 0.306 e. The van der Waals surface area contributed by atoms with Crippen LogP contribution in [0.1, 0.15) is 36.0 Å². The maximum atomic E-state index is 12.1. The summed E-state index contributed by atoms with van der Waals surface area (Å²) in [5.41, 5.74) is 0.222. The van der Waals surface area contributed by atoms with Crippen LogP contribution in [0.15, 0.2) is 22.7 Å². The average molecular weight is 342 g/mol. The van der Waals surface area contributed by atoms with E-state index in [0.29, 0.717) is 25.7 Å². The van der Waals surface area contributed by atoms with Gasteiger partial charge >= 0.3 is 5.97 Å². The van der Waals surface area contributed by atoms with Crippen molar-refractivity contribution >= 4 is 27.8 Å². The second-order valence-corrected chi connectivity index (χ2v) is 5.94. The monoisotopic (exact) mass is 341 g/mol. The second kappa shape index (κ2) is 6.26. The first kappa shape index (κ1) is 14.8. The molecule has 2 rings (SSSR count). The maximum absolute atomic E-state index is 12.1. The lowest BCUT2D eigenvalue weighted by molar-refractivity contribution is -0.142. The van der Waals surface area contributed by atoms with Crippen LogP contribution in [0, 0.1) is 5.92 Å². The van der Waals surface area contributed by atoms with E-state index in [9.17, 15) is 14.7 Å². The standard InChI is InChI=1S/C14H16BrNO4/c15-9-3-6-12(17)11(7-9)13(18)16-10-4-1-8(2-5-10)14(19)20/h3,6-8,10,17H,1-2,4-5H2,(H,16,18)(H,19,20). The van der Waals surface area contributed by atoms with E-state index in [1.165, 1.54) is 6.07 Å². The number of amides is 1. The highest BCUT2D eigenvalue weighted by molar-refractivity contribution is 9.10. The van der Waals surface area contributed by atoms with Gasteiger partial charge in [0.25, 0.3) is 5.91 Å². The molecule has 0 saturated heterocycles. The molecule has 5 nitrogen and oxygen atoms in total. The zero-order valence-corrected chi connectivity index (χ0v) is 12.4. The van der Waals surface area contributed by atoms with Gasteiger partial charge in [-0.15, -0.1) is 0 Å². The minimum absolute atomic E-state index is 0.0310. The Balaban J connectivity index is 1.96. The second-order valence-electron chi connectivity index (χ2n) is 5.02. The molecule has 6 heteroatoms. The average Bonchev–Trinajstić information content (AvgIpc) is 2.42. The Kier molecular flexibility index (Phi) is 4.65. The molecule has 1 aromatic carbocycles. The SMILES string of the molecule is O=C(NC1CCC(C(=O)O)CC1)c1cc(Br)ccc1O. The molecule has 1 aromatic rings. The Hall–Kier alpha value is -1.56. The molecule has 1 fully saturated rings. The first-order chi connectivity index (χ1) is 9.47. The first-order valence-corrected chi connectivity index (χ1v) is 7.29. The molecule has 0 atom stereocenters. The molecule has 1 saturated carbocycles. The normalized spacial score (nSPS) is 22.2. The van der Waals surface area contributed by atoms with Gasteiger partial charge in [0, 0.05) is 10.5 Å². The van der Waals surface area contributed by atoms with Gasteiger partial charge in [0.1, 0.15) is 5.75 Å². The highest BCUT2D eigenvalue weighted by Gasteiger charge is 2.27. The maximum Gasteiger partial charge on any atom is 0.306 e. The Labute approximate surface area is 125 Å². The number of rotatable bonds is 3. The van der Waals surface area contributed by atoms with Crippen molar-refractivity contribution in [3.05, 3.63) is 28.2 Å². The van der Waals surface area contributed by atoms with Crippen LogP contribution >= 0.6 is 15.9 Å². The fourth-order valence-electron chi connectivity index (χ4n) is 2.44. The number of aliphatic carboxylic acids is 1. The van der Waals surface area contributed by atoms with Crippen LogP contribution in [0.25, 0.3) is 0 Å². The van der Waals surface area contributed by atoms with Crippen LogP contribution in [-0.4, -0.2) is 28.1 Å². The third-order valence-corrected chi connectivity index (χ3v) is 4.11. The van der Waals surface area contributed by atoms with E-state index in [-0.39, 0.29) is 29.2 Å². The van der Waals surface area contributed by atoms with Gasteiger partial charge in [0.15, 0.2) is 0 Å². The molecule has 3 N–H and O–H groups in total. The van der Waals surface area contributed by atoms with Crippen LogP contribution < -0.4 is 5.32 Å². The fourth-order valence-corrected chi connectivity index (χ4v) is 2.80. The largest absolute Gasteiger partial charge is 0.507 e. The van der Waals surface area contributed by atoms with Crippen molar-refractivity contribution in [1.82, 2.24) is 5.32 Å². The van der Waals surface area contributed by atoms with E-state index >= 15 is 0 Å². The highest BCUT2D eigenvalue weighted by atomic mass is 79.9. The molecule has 0 spiro atoms. The molecular weight excluding hydrogens is 326 g/mol. The summed E-state index contributed by atoms with van der Waals surface area (Å²) in [5, 5.41) is 21.5. The zero-order valence-electron chi connectivity index (χ0n) is 10.8. The Bertz CT molecular complexity index is 524. The van der Waals surface area contributed by atoms with Gasteiger partial charge in [-0.25, -0.2) is 0 Å². The van der Waals surface area contributed by atoms with Crippen molar-refractivity contribution in [2.45, 2.75) is 31.7 Å². The number of hydrogen-bond donors (Lipinski definition) is 3. The van der Waals surface area contributed by atoms with Crippen molar-refractivity contribution in [2.24, 2.45) is 5.92 Å². The number of phenolic OH excluding ortho intramolecular Hbond substituents is 1. The minimum Gasteiger partial charge on any atom is -0.507 e. The summed E-state index contributed by atoms with van der Waals surface area (Å²) in [5.74, 6) is -1.46. The third kappa shape index (κ3) is 3.50. The number of carbonyl (C=O) groups is 2. The van der Waals surface area contributed by atoms with E-state index in [2.05, 4.69) is 21.2 Å². The molecule has 0 aliphatic heterocycles. The minimum atomic E-state index is -0.764. The molecule has 0 aromatic heterocycles. The zero-order chi connectivity index (χ0) is 14.7. The van der Waals surface area contributed by atoms with Crippen molar-refractivity contribution in [3.63, 3.8) is 0 Å². The Morgan fingerprint density at radius 3 is 2.45 bits per heavy atom. The first-order valence-electron chi connectivity index (χ1n) is 6.49. The van der Waals surface area contributed by atoms with E-state index in [4.69, 9.17) is 5.11 Å². The van der Waals surface area contributed by atoms with Gasteiger partial charge in [-0.05, 0) is 43.9 Å². The van der Waals surface area contributed by atoms with E-state index < -0.39 is 5.97 Å². The van der Waals surface area contributed by atoms with Crippen molar-refractivity contribution < 1.29 is 19.8 Å². The third-order valence-electron chi connectivity index (χ3n) is 3.61. The molecule has 20 heavy (non-hydrogen) atoms. The van der Waals surface area contributed by atoms with Crippen LogP contribution in [-0.2, 0) is 4.79 Å². The molecule has 1 aliphatic rings. The summed E-state index contributed by atoms with van der Waals surface area (Å²) >= 11 is 3.26. The number of hydrogen-bond acceptors (Lipinski definition) is 3. The lowest BCUT2D eigenvalue weighted by Gasteiger charge is -2.26. The molecular formula is C14H16BrNO4. The summed E-state index contributed by atoms with van der Waals surface area (Å²) in [4.78, 5) is 23.0. The summed E-state index contributed by atoms with van der Waals surface area (Å²) in [6.07, 6.45) is 2.45. The van der Waals surface area contributed by atoms with E-state index in [0.717, 1.165) is 4.47 Å². The Morgan fingerprint density at radius 2 is 1.85 bits per heavy atom. The summed E-state index contributed by atoms with van der Waals surface area (Å²) in [7, 11) is 0. The van der Waals surface area contributed by atoms with Gasteiger partial charge in [-0.1, -0.05) is 15.9 Å². The molecule has 0 radical (unpaired) electrons. The lowest BCUT2D eigenvalue weighted by Crippen LogP contribution is -2.38. The van der Waals surface area contributed by atoms with Crippen LogP contribution in [0.2, 0.25) is 0 Å². The van der Waals surface area contributed by atoms with Crippen LogP contribution in [0.4, 0.5) is 0 Å². The quantitative estimate of drug-likeness (QED) is 0.788. The summed E-state index contributed by atoms with van der Waals surface area (Å²) in [6.45, 7) is 0. The lowest BCUT2D eigenvalue weighted by atomic mass is 9.86. The predicted molar refractivity (Wildman–Crippen MR) is 76.7 cm³/mol. The van der Waals surface area contributed by atoms with Crippen molar-refractivity contribution in [3.8, 4) is 5.75 Å². The topological polar surface area (TPSA) is 86.6 Å². The number of halogens is 1. The number of carboxylic acids is 1. The number of phenols is 1. The van der Waals surface area contributed by atoms with Crippen LogP contribution in [0.5, 0.6) is 5.75 Å². The number of carbonyl (C=O) groups excluding carboxylic acids is 1. The van der Waals surface area contributed by atoms with Crippen molar-refractivity contribution in [2.75, 3.05) is 0 Å². The highest BCUT2D eigenvalue weighted by Crippen LogP contribution is 2.26. The van der Waals surface area contributed by atoms with Gasteiger partial charge in [-0.3, -0.25) is 9.59 Å². The Morgan fingerprint density at radius 1 is 1.20 bits per heavy atom. The van der Waals surface area contributed by atoms with Gasteiger partial charge in [0.2, 0.25) is 0 Å². The van der Waals surface area contributed by atoms with E-state index in [1.807, 2.05) is 0 Å². The van der Waals surface area contributed by atoms with Crippen LogP contribution in [0.3, 0.4) is 0 Å². The summed E-state index contributed by atoms with van der Waals surface area (Å²) < 4.78 is 0.718. The van der Waals surface area contributed by atoms with Gasteiger partial charge in [0.05, 0.1) is 11.5 Å². The molecule has 1 amide bonds. The number of aromatic hydroxyl groups is 1. The molecule has 108 valence electrons. The molecule has 1 aliphatic carbocycles. The van der Waals surface area contributed by atoms with Gasteiger partial charge in [-0.2, -0.15) is 0 Å². The summed E-state index contributed by atoms with van der Waals surface area (Å²) in [6, 6.07) is 4.65. The molecule has 0 bridgehead atoms. The van der Waals surface area contributed by atoms with E-state index in [1.54, 1.807) is 12.1 Å². The number of benzene rings is 1. The number of nitrogens with one attached hydrogen (secondary N) is 1.